The van der Waals surface area contributed by atoms with Gasteiger partial charge in [-0.25, -0.2) is 4.39 Å². The summed E-state index contributed by atoms with van der Waals surface area (Å²) in [6, 6.07) is 12.2. The minimum absolute atomic E-state index is 0.0627. The molecular formula is C17H18ClFO2. The highest BCUT2D eigenvalue weighted by Crippen LogP contribution is 2.29. The molecule has 0 radical (unpaired) electrons. The first kappa shape index (κ1) is 16.0. The van der Waals surface area contributed by atoms with Crippen LogP contribution in [-0.4, -0.2) is 23.4 Å². The monoisotopic (exact) mass is 308 g/mol. The fourth-order valence-electron chi connectivity index (χ4n) is 2.39. The van der Waals surface area contributed by atoms with Crippen LogP contribution < -0.4 is 0 Å². The van der Waals surface area contributed by atoms with E-state index in [2.05, 4.69) is 0 Å². The van der Waals surface area contributed by atoms with Gasteiger partial charge in [0, 0.05) is 5.41 Å². The molecule has 4 heteroatoms. The first-order valence-corrected chi connectivity index (χ1v) is 7.11. The number of aliphatic hydroxyl groups is 2. The normalized spacial score (nSPS) is 11.7. The maximum atomic E-state index is 13.6. The van der Waals surface area contributed by atoms with E-state index in [1.54, 1.807) is 6.07 Å². The molecule has 0 aliphatic rings. The minimum atomic E-state index is -0.839. The van der Waals surface area contributed by atoms with Crippen LogP contribution in [0, 0.1) is 12.7 Å². The molecule has 112 valence electrons. The Kier molecular flexibility index (Phi) is 4.99. The molecule has 2 aromatic carbocycles. The second kappa shape index (κ2) is 6.56. The standard InChI is InChI=1S/C17H18ClFO2/c1-12-2-5-14(6-3-12)17(10-20,11-21)9-13-4-7-15(18)16(19)8-13/h2-8,20-21H,9-11H2,1H3. The van der Waals surface area contributed by atoms with Gasteiger partial charge < -0.3 is 10.2 Å². The predicted octanol–water partition coefficient (Wildman–Crippen LogP) is 3.25. The van der Waals surface area contributed by atoms with Gasteiger partial charge in [0.15, 0.2) is 0 Å². The molecule has 0 saturated carbocycles. The molecule has 0 fully saturated rings. The number of rotatable bonds is 5. The number of hydrogen-bond donors (Lipinski definition) is 2. The van der Waals surface area contributed by atoms with Gasteiger partial charge in [0.25, 0.3) is 0 Å². The summed E-state index contributed by atoms with van der Waals surface area (Å²) in [5, 5.41) is 19.7. The molecule has 2 nitrogen and oxygen atoms in total. The summed E-state index contributed by atoms with van der Waals surface area (Å²) in [7, 11) is 0. The zero-order chi connectivity index (χ0) is 15.5. The minimum Gasteiger partial charge on any atom is -0.395 e. The van der Waals surface area contributed by atoms with Crippen molar-refractivity contribution in [1.29, 1.82) is 0 Å². The molecule has 21 heavy (non-hydrogen) atoms. The van der Waals surface area contributed by atoms with Crippen LogP contribution in [0.25, 0.3) is 0 Å². The molecule has 0 aliphatic carbocycles. The second-order valence-electron chi connectivity index (χ2n) is 5.39. The summed E-state index contributed by atoms with van der Waals surface area (Å²) in [6.45, 7) is 1.52. The first-order valence-electron chi connectivity index (χ1n) is 6.73. The Morgan fingerprint density at radius 1 is 1.05 bits per heavy atom. The highest BCUT2D eigenvalue weighted by molar-refractivity contribution is 6.30. The average molecular weight is 309 g/mol. The van der Waals surface area contributed by atoms with Gasteiger partial charge in [0.2, 0.25) is 0 Å². The van der Waals surface area contributed by atoms with E-state index < -0.39 is 11.2 Å². The van der Waals surface area contributed by atoms with E-state index in [9.17, 15) is 14.6 Å². The SMILES string of the molecule is Cc1ccc(C(CO)(CO)Cc2ccc(Cl)c(F)c2)cc1. The molecule has 0 aliphatic heterocycles. The van der Waals surface area contributed by atoms with Crippen LogP contribution in [0.5, 0.6) is 0 Å². The van der Waals surface area contributed by atoms with Crippen LogP contribution in [0.1, 0.15) is 16.7 Å². The number of benzene rings is 2. The van der Waals surface area contributed by atoms with Crippen molar-refractivity contribution in [2.75, 3.05) is 13.2 Å². The summed E-state index contributed by atoms with van der Waals surface area (Å²) in [6.07, 6.45) is 0.331. The third-order valence-corrected chi connectivity index (χ3v) is 4.10. The number of hydrogen-bond acceptors (Lipinski definition) is 2. The van der Waals surface area contributed by atoms with Crippen LogP contribution in [0.3, 0.4) is 0 Å². The van der Waals surface area contributed by atoms with Crippen LogP contribution in [-0.2, 0) is 11.8 Å². The Balaban J connectivity index is 2.37. The molecule has 0 spiro atoms. The van der Waals surface area contributed by atoms with Gasteiger partial charge in [-0.15, -0.1) is 0 Å². The Labute approximate surface area is 128 Å². The van der Waals surface area contributed by atoms with Crippen molar-refractivity contribution >= 4 is 11.6 Å². The summed E-state index contributed by atoms with van der Waals surface area (Å²) < 4.78 is 13.6. The van der Waals surface area contributed by atoms with E-state index >= 15 is 0 Å². The molecule has 0 heterocycles. The zero-order valence-corrected chi connectivity index (χ0v) is 12.6. The molecule has 2 rings (SSSR count). The van der Waals surface area contributed by atoms with Gasteiger partial charge >= 0.3 is 0 Å². The van der Waals surface area contributed by atoms with E-state index in [1.807, 2.05) is 31.2 Å². The fraction of sp³-hybridized carbons (Fsp3) is 0.294. The Hall–Kier alpha value is -1.42. The largest absolute Gasteiger partial charge is 0.395 e. The molecule has 0 amide bonds. The lowest BCUT2D eigenvalue weighted by molar-refractivity contribution is 0.116. The van der Waals surface area contributed by atoms with Crippen molar-refractivity contribution in [3.8, 4) is 0 Å². The van der Waals surface area contributed by atoms with E-state index in [0.717, 1.165) is 11.1 Å². The lowest BCUT2D eigenvalue weighted by Gasteiger charge is -2.31. The maximum absolute atomic E-state index is 13.6. The molecule has 0 aromatic heterocycles. The molecule has 0 saturated heterocycles. The summed E-state index contributed by atoms with van der Waals surface area (Å²) >= 11 is 5.68. The quantitative estimate of drug-likeness (QED) is 0.890. The van der Waals surface area contributed by atoms with Crippen molar-refractivity contribution < 1.29 is 14.6 Å². The summed E-state index contributed by atoms with van der Waals surface area (Å²) in [5.74, 6) is -0.497. The maximum Gasteiger partial charge on any atom is 0.142 e. The van der Waals surface area contributed by atoms with Gasteiger partial charge in [-0.2, -0.15) is 0 Å². The third-order valence-electron chi connectivity index (χ3n) is 3.80. The number of aliphatic hydroxyl groups excluding tert-OH is 2. The van der Waals surface area contributed by atoms with E-state index in [4.69, 9.17) is 11.6 Å². The van der Waals surface area contributed by atoms with Crippen molar-refractivity contribution in [3.63, 3.8) is 0 Å². The highest BCUT2D eigenvalue weighted by atomic mass is 35.5. The third kappa shape index (κ3) is 3.43. The average Bonchev–Trinajstić information content (AvgIpc) is 2.49. The molecule has 0 bridgehead atoms. The van der Waals surface area contributed by atoms with Gasteiger partial charge in [-0.3, -0.25) is 0 Å². The second-order valence-corrected chi connectivity index (χ2v) is 5.80. The predicted molar refractivity (Wildman–Crippen MR) is 82.1 cm³/mol. The van der Waals surface area contributed by atoms with Gasteiger partial charge in [0.05, 0.1) is 18.2 Å². The number of halogens is 2. The van der Waals surface area contributed by atoms with Gasteiger partial charge in [-0.1, -0.05) is 47.5 Å². The molecule has 0 unspecified atom stereocenters. The van der Waals surface area contributed by atoms with E-state index in [-0.39, 0.29) is 18.2 Å². The number of aryl methyl sites for hydroxylation is 1. The topological polar surface area (TPSA) is 40.5 Å². The zero-order valence-electron chi connectivity index (χ0n) is 11.8. The highest BCUT2D eigenvalue weighted by Gasteiger charge is 2.31. The molecule has 2 N–H and O–H groups in total. The summed E-state index contributed by atoms with van der Waals surface area (Å²) in [5.41, 5.74) is 1.77. The molecule has 2 aromatic rings. The Morgan fingerprint density at radius 3 is 2.19 bits per heavy atom. The molecular weight excluding hydrogens is 291 g/mol. The van der Waals surface area contributed by atoms with E-state index in [1.165, 1.54) is 12.1 Å². The van der Waals surface area contributed by atoms with E-state index in [0.29, 0.717) is 12.0 Å². The Morgan fingerprint density at radius 2 is 1.67 bits per heavy atom. The van der Waals surface area contributed by atoms with Crippen molar-refractivity contribution in [2.45, 2.75) is 18.8 Å². The first-order chi connectivity index (χ1) is 10.0. The van der Waals surface area contributed by atoms with Crippen molar-refractivity contribution in [1.82, 2.24) is 0 Å². The van der Waals surface area contributed by atoms with Crippen LogP contribution in [0.2, 0.25) is 5.02 Å². The summed E-state index contributed by atoms with van der Waals surface area (Å²) in [4.78, 5) is 0. The van der Waals surface area contributed by atoms with Crippen molar-refractivity contribution in [2.24, 2.45) is 0 Å². The van der Waals surface area contributed by atoms with Crippen LogP contribution in [0.4, 0.5) is 4.39 Å². The van der Waals surface area contributed by atoms with Gasteiger partial charge in [-0.05, 0) is 36.6 Å². The smallest absolute Gasteiger partial charge is 0.142 e. The van der Waals surface area contributed by atoms with Gasteiger partial charge in [0.1, 0.15) is 5.82 Å². The lowest BCUT2D eigenvalue weighted by atomic mass is 9.76. The van der Waals surface area contributed by atoms with Crippen LogP contribution >= 0.6 is 11.6 Å². The lowest BCUT2D eigenvalue weighted by Crippen LogP contribution is -2.37. The fourth-order valence-corrected chi connectivity index (χ4v) is 2.51. The molecule has 0 atom stereocenters. The Bertz CT molecular complexity index is 607. The van der Waals surface area contributed by atoms with Crippen molar-refractivity contribution in [3.05, 3.63) is 70.0 Å². The van der Waals surface area contributed by atoms with Crippen LogP contribution in [0.15, 0.2) is 42.5 Å².